The van der Waals surface area contributed by atoms with Gasteiger partial charge in [-0.25, -0.2) is 4.79 Å². The number of nitrogens with zero attached hydrogens (tertiary/aromatic N) is 1. The average Bonchev–Trinajstić information content (AvgIpc) is 2.99. The molecule has 3 amide bonds. The monoisotopic (exact) mass is 290 g/mol. The number of nitrogens with two attached hydrogens (primary N) is 1. The van der Waals surface area contributed by atoms with Crippen LogP contribution in [0.4, 0.5) is 10.5 Å². The third-order valence-corrected chi connectivity index (χ3v) is 3.55. The van der Waals surface area contributed by atoms with Crippen molar-refractivity contribution < 1.29 is 9.59 Å². The number of carbonyl (C=O) groups is 2. The van der Waals surface area contributed by atoms with Gasteiger partial charge in [-0.1, -0.05) is 12.1 Å². The van der Waals surface area contributed by atoms with E-state index in [1.54, 1.807) is 17.0 Å². The molecule has 4 N–H and O–H groups in total. The summed E-state index contributed by atoms with van der Waals surface area (Å²) < 4.78 is 0. The van der Waals surface area contributed by atoms with Gasteiger partial charge in [-0.05, 0) is 37.5 Å². The maximum atomic E-state index is 11.8. The van der Waals surface area contributed by atoms with E-state index in [0.29, 0.717) is 5.69 Å². The summed E-state index contributed by atoms with van der Waals surface area (Å²) in [5.74, 6) is -0.0324. The summed E-state index contributed by atoms with van der Waals surface area (Å²) in [6.07, 6.45) is 2.09. The quantitative estimate of drug-likeness (QED) is 0.784. The highest BCUT2D eigenvalue weighted by atomic mass is 16.2. The Morgan fingerprint density at radius 1 is 1.24 bits per heavy atom. The molecule has 1 aromatic rings. The molecule has 0 spiro atoms. The van der Waals surface area contributed by atoms with Crippen molar-refractivity contribution in [3.05, 3.63) is 29.8 Å². The van der Waals surface area contributed by atoms with E-state index in [0.717, 1.165) is 31.5 Å². The summed E-state index contributed by atoms with van der Waals surface area (Å²) in [7, 11) is 0. The molecule has 1 aliphatic heterocycles. The minimum Gasteiger partial charge on any atom is -0.341 e. The molecule has 0 saturated carbocycles. The second-order valence-corrected chi connectivity index (χ2v) is 5.31. The molecule has 6 nitrogen and oxygen atoms in total. The van der Waals surface area contributed by atoms with Gasteiger partial charge in [0.25, 0.3) is 0 Å². The minimum atomic E-state index is -0.379. The van der Waals surface area contributed by atoms with Crippen molar-refractivity contribution in [1.29, 1.82) is 0 Å². The van der Waals surface area contributed by atoms with Crippen molar-refractivity contribution in [3.63, 3.8) is 0 Å². The molecule has 1 heterocycles. The number of likely N-dealkylation sites (tertiary alicyclic amines) is 1. The normalized spacial score (nSPS) is 15.6. The highest BCUT2D eigenvalue weighted by molar-refractivity contribution is 5.92. The zero-order valence-corrected chi connectivity index (χ0v) is 12.3. The first-order valence-electron chi connectivity index (χ1n) is 7.24. The molecule has 1 aromatic carbocycles. The molecule has 0 bridgehead atoms. The number of nitrogens with one attached hydrogen (secondary N) is 2. The standard InChI is InChI=1S/C15H22N4O2/c1-11(16)12-4-6-13(7-5-12)18-15(21)17-10-14(20)19-8-2-3-9-19/h4-7,11H,2-3,8-10,16H2,1H3,(H2,17,18,21). The van der Waals surface area contributed by atoms with E-state index < -0.39 is 0 Å². The van der Waals surface area contributed by atoms with Crippen molar-refractivity contribution in [2.75, 3.05) is 25.0 Å². The lowest BCUT2D eigenvalue weighted by Crippen LogP contribution is -2.40. The van der Waals surface area contributed by atoms with Crippen LogP contribution < -0.4 is 16.4 Å². The van der Waals surface area contributed by atoms with E-state index in [1.165, 1.54) is 0 Å². The highest BCUT2D eigenvalue weighted by Crippen LogP contribution is 2.14. The molecule has 1 saturated heterocycles. The first kappa shape index (κ1) is 15.3. The van der Waals surface area contributed by atoms with E-state index in [9.17, 15) is 9.59 Å². The molecule has 6 heteroatoms. The largest absolute Gasteiger partial charge is 0.341 e. The van der Waals surface area contributed by atoms with Crippen molar-refractivity contribution in [2.45, 2.75) is 25.8 Å². The Morgan fingerprint density at radius 3 is 2.43 bits per heavy atom. The van der Waals surface area contributed by atoms with Gasteiger partial charge in [-0.15, -0.1) is 0 Å². The van der Waals surface area contributed by atoms with E-state index in [2.05, 4.69) is 10.6 Å². The Balaban J connectivity index is 1.77. The Bertz CT molecular complexity index is 493. The molecule has 114 valence electrons. The Labute approximate surface area is 124 Å². The summed E-state index contributed by atoms with van der Waals surface area (Å²) in [4.78, 5) is 25.3. The van der Waals surface area contributed by atoms with Crippen LogP contribution >= 0.6 is 0 Å². The van der Waals surface area contributed by atoms with Gasteiger partial charge in [0.2, 0.25) is 5.91 Å². The Hall–Kier alpha value is -2.08. The molecule has 1 aliphatic rings. The first-order valence-corrected chi connectivity index (χ1v) is 7.24. The number of anilines is 1. The Kier molecular flexibility index (Phi) is 5.16. The molecule has 2 rings (SSSR count). The molecular weight excluding hydrogens is 268 g/mol. The number of rotatable bonds is 4. The maximum Gasteiger partial charge on any atom is 0.319 e. The minimum absolute atomic E-state index is 0.0315. The van der Waals surface area contributed by atoms with Crippen molar-refractivity contribution in [2.24, 2.45) is 5.73 Å². The van der Waals surface area contributed by atoms with Gasteiger partial charge in [-0.3, -0.25) is 4.79 Å². The smallest absolute Gasteiger partial charge is 0.319 e. The fourth-order valence-electron chi connectivity index (χ4n) is 2.28. The van der Waals surface area contributed by atoms with Crippen LogP contribution in [0.25, 0.3) is 0 Å². The van der Waals surface area contributed by atoms with E-state index >= 15 is 0 Å². The van der Waals surface area contributed by atoms with Gasteiger partial charge in [0, 0.05) is 24.8 Å². The van der Waals surface area contributed by atoms with Crippen LogP contribution in [0.3, 0.4) is 0 Å². The molecule has 0 aliphatic carbocycles. The van der Waals surface area contributed by atoms with Gasteiger partial charge < -0.3 is 21.3 Å². The molecule has 1 unspecified atom stereocenters. The summed E-state index contributed by atoms with van der Waals surface area (Å²) >= 11 is 0. The predicted molar refractivity (Wildman–Crippen MR) is 81.9 cm³/mol. The van der Waals surface area contributed by atoms with Gasteiger partial charge >= 0.3 is 6.03 Å². The number of carbonyl (C=O) groups excluding carboxylic acids is 2. The number of hydrogen-bond donors (Lipinski definition) is 3. The SMILES string of the molecule is CC(N)c1ccc(NC(=O)NCC(=O)N2CCCC2)cc1. The summed E-state index contributed by atoms with van der Waals surface area (Å²) in [6.45, 7) is 3.52. The lowest BCUT2D eigenvalue weighted by Gasteiger charge is -2.15. The second kappa shape index (κ2) is 7.08. The first-order chi connectivity index (χ1) is 10.1. The zero-order valence-electron chi connectivity index (χ0n) is 12.3. The van der Waals surface area contributed by atoms with E-state index in [4.69, 9.17) is 5.73 Å². The van der Waals surface area contributed by atoms with Crippen LogP contribution in [0.15, 0.2) is 24.3 Å². The van der Waals surface area contributed by atoms with Crippen LogP contribution in [0, 0.1) is 0 Å². The zero-order chi connectivity index (χ0) is 15.2. The van der Waals surface area contributed by atoms with E-state index in [-0.39, 0.29) is 24.5 Å². The topological polar surface area (TPSA) is 87.5 Å². The lowest BCUT2D eigenvalue weighted by molar-refractivity contribution is -0.128. The molecule has 1 atom stereocenters. The number of hydrogen-bond acceptors (Lipinski definition) is 3. The van der Waals surface area contributed by atoms with Gasteiger partial charge in [0.1, 0.15) is 0 Å². The summed E-state index contributed by atoms with van der Waals surface area (Å²) in [5, 5.41) is 5.27. The van der Waals surface area contributed by atoms with E-state index in [1.807, 2.05) is 19.1 Å². The molecule has 0 aromatic heterocycles. The fourth-order valence-corrected chi connectivity index (χ4v) is 2.28. The lowest BCUT2D eigenvalue weighted by atomic mass is 10.1. The molecule has 21 heavy (non-hydrogen) atoms. The molecular formula is C15H22N4O2. The summed E-state index contributed by atoms with van der Waals surface area (Å²) in [5.41, 5.74) is 7.44. The number of urea groups is 1. The maximum absolute atomic E-state index is 11.8. The number of amides is 3. The van der Waals surface area contributed by atoms with Crippen LogP contribution in [0.5, 0.6) is 0 Å². The second-order valence-electron chi connectivity index (χ2n) is 5.31. The summed E-state index contributed by atoms with van der Waals surface area (Å²) in [6, 6.07) is 6.91. The van der Waals surface area contributed by atoms with Crippen molar-refractivity contribution in [3.8, 4) is 0 Å². The highest BCUT2D eigenvalue weighted by Gasteiger charge is 2.18. The van der Waals surface area contributed by atoms with Crippen LogP contribution in [0.1, 0.15) is 31.4 Å². The molecule has 0 radical (unpaired) electrons. The van der Waals surface area contributed by atoms with Crippen molar-refractivity contribution >= 4 is 17.6 Å². The van der Waals surface area contributed by atoms with Crippen LogP contribution in [-0.4, -0.2) is 36.5 Å². The number of benzene rings is 1. The predicted octanol–water partition coefficient (Wildman–Crippen LogP) is 1.45. The molecule has 1 fully saturated rings. The van der Waals surface area contributed by atoms with Crippen molar-refractivity contribution in [1.82, 2.24) is 10.2 Å². The van der Waals surface area contributed by atoms with Gasteiger partial charge in [0.05, 0.1) is 6.54 Å². The average molecular weight is 290 g/mol. The van der Waals surface area contributed by atoms with Crippen LogP contribution in [0.2, 0.25) is 0 Å². The fraction of sp³-hybridized carbons (Fsp3) is 0.467. The van der Waals surface area contributed by atoms with Crippen LogP contribution in [-0.2, 0) is 4.79 Å². The third kappa shape index (κ3) is 4.46. The van der Waals surface area contributed by atoms with Gasteiger partial charge in [0.15, 0.2) is 0 Å². The third-order valence-electron chi connectivity index (χ3n) is 3.55. The Morgan fingerprint density at radius 2 is 1.86 bits per heavy atom. The van der Waals surface area contributed by atoms with Gasteiger partial charge in [-0.2, -0.15) is 0 Å².